The largest absolute Gasteiger partial charge is 0.468 e. The number of aldehydes is 1. The van der Waals surface area contributed by atoms with E-state index in [-0.39, 0.29) is 19.3 Å². The molecule has 0 fully saturated rings. The van der Waals surface area contributed by atoms with Crippen molar-refractivity contribution in [1.82, 2.24) is 0 Å². The molecule has 0 atom stereocenters. The van der Waals surface area contributed by atoms with Crippen LogP contribution in [0.5, 0.6) is 0 Å². The van der Waals surface area contributed by atoms with Crippen LogP contribution in [-0.2, 0) is 23.9 Å². The van der Waals surface area contributed by atoms with Gasteiger partial charge in [0.1, 0.15) is 6.29 Å². The first-order chi connectivity index (χ1) is 9.60. The smallest absolute Gasteiger partial charge is 0.323 e. The minimum atomic E-state index is -1.47. The first-order valence-corrected chi connectivity index (χ1v) is 6.26. The summed E-state index contributed by atoms with van der Waals surface area (Å²) in [6.07, 6.45) is 10.1. The van der Waals surface area contributed by atoms with Crippen molar-refractivity contribution < 1.29 is 23.9 Å². The summed E-state index contributed by atoms with van der Waals surface area (Å²) in [6, 6.07) is 0. The first-order valence-electron chi connectivity index (χ1n) is 6.26. The molecule has 5 nitrogen and oxygen atoms in total. The third-order valence-corrected chi connectivity index (χ3v) is 3.22. The van der Waals surface area contributed by atoms with Gasteiger partial charge in [0, 0.05) is 6.42 Å². The predicted octanol–water partition coefficient (Wildman–Crippen LogP) is 1.74. The van der Waals surface area contributed by atoms with Crippen molar-refractivity contribution in [3.05, 3.63) is 36.0 Å². The van der Waals surface area contributed by atoms with E-state index in [0.717, 1.165) is 5.57 Å². The third kappa shape index (κ3) is 3.44. The lowest BCUT2D eigenvalue weighted by molar-refractivity contribution is -0.169. The molecular weight excluding hydrogens is 260 g/mol. The standard InChI is InChI=1S/C15H18O5/c1-19-13(17)15(9-5-11-16,14(18)20-2)10-8-12-6-3-4-7-12/h3-4,6-8,11H,5,9-10H2,1-2H3. The number of esters is 2. The van der Waals surface area contributed by atoms with Crippen LogP contribution < -0.4 is 0 Å². The van der Waals surface area contributed by atoms with Crippen LogP contribution in [0.2, 0.25) is 0 Å². The number of methoxy groups -OCH3 is 2. The Morgan fingerprint density at radius 1 is 1.15 bits per heavy atom. The Hall–Kier alpha value is -2.17. The zero-order chi connectivity index (χ0) is 15.0. The quantitative estimate of drug-likeness (QED) is 0.403. The Morgan fingerprint density at radius 3 is 2.15 bits per heavy atom. The van der Waals surface area contributed by atoms with Crippen molar-refractivity contribution in [3.8, 4) is 0 Å². The predicted molar refractivity (Wildman–Crippen MR) is 72.7 cm³/mol. The minimum absolute atomic E-state index is 0.0626. The molecule has 0 saturated carbocycles. The van der Waals surface area contributed by atoms with Gasteiger partial charge in [0.15, 0.2) is 5.41 Å². The van der Waals surface area contributed by atoms with Crippen LogP contribution in [0.15, 0.2) is 36.0 Å². The normalized spacial score (nSPS) is 13.2. The summed E-state index contributed by atoms with van der Waals surface area (Å²) < 4.78 is 9.46. The van der Waals surface area contributed by atoms with Gasteiger partial charge in [-0.2, -0.15) is 0 Å². The fraction of sp³-hybridized carbons (Fsp3) is 0.400. The average Bonchev–Trinajstić information content (AvgIpc) is 2.99. The van der Waals surface area contributed by atoms with E-state index in [4.69, 9.17) is 9.47 Å². The molecule has 108 valence electrons. The van der Waals surface area contributed by atoms with Crippen LogP contribution in [0.1, 0.15) is 19.3 Å². The fourth-order valence-corrected chi connectivity index (χ4v) is 2.07. The van der Waals surface area contributed by atoms with Crippen LogP contribution in [0.25, 0.3) is 0 Å². The van der Waals surface area contributed by atoms with Crippen LogP contribution in [-0.4, -0.2) is 32.4 Å². The van der Waals surface area contributed by atoms with E-state index in [1.165, 1.54) is 14.2 Å². The monoisotopic (exact) mass is 278 g/mol. The van der Waals surface area contributed by atoms with Crippen LogP contribution >= 0.6 is 0 Å². The Labute approximate surface area is 117 Å². The second kappa shape index (κ2) is 7.43. The SMILES string of the molecule is COC(=O)C(CC=C1C=CC=C1)(CCC=O)C(=O)OC. The number of rotatable bonds is 7. The number of carbonyl (C=O) groups excluding carboxylic acids is 3. The lowest BCUT2D eigenvalue weighted by Crippen LogP contribution is -2.41. The zero-order valence-electron chi connectivity index (χ0n) is 11.6. The van der Waals surface area contributed by atoms with E-state index in [9.17, 15) is 14.4 Å². The molecule has 0 amide bonds. The molecule has 0 aromatic carbocycles. The molecule has 0 spiro atoms. The molecule has 0 aromatic heterocycles. The number of allylic oxidation sites excluding steroid dienone is 6. The lowest BCUT2D eigenvalue weighted by atomic mass is 9.79. The van der Waals surface area contributed by atoms with Crippen LogP contribution in [0.3, 0.4) is 0 Å². The van der Waals surface area contributed by atoms with Crippen molar-refractivity contribution in [2.75, 3.05) is 14.2 Å². The lowest BCUT2D eigenvalue weighted by Gasteiger charge is -2.26. The molecule has 0 aliphatic heterocycles. The summed E-state index contributed by atoms with van der Waals surface area (Å²) in [4.78, 5) is 34.7. The van der Waals surface area contributed by atoms with E-state index in [1.807, 2.05) is 24.3 Å². The fourth-order valence-electron chi connectivity index (χ4n) is 2.07. The summed E-state index contributed by atoms with van der Waals surface area (Å²) in [5.74, 6) is -1.37. The van der Waals surface area contributed by atoms with Crippen molar-refractivity contribution in [3.63, 3.8) is 0 Å². The Kier molecular flexibility index (Phi) is 5.90. The Bertz CT molecular complexity index is 441. The maximum Gasteiger partial charge on any atom is 0.323 e. The number of hydrogen-bond acceptors (Lipinski definition) is 5. The van der Waals surface area contributed by atoms with E-state index < -0.39 is 17.4 Å². The molecule has 0 bridgehead atoms. The molecule has 0 heterocycles. The first kappa shape index (κ1) is 15.9. The molecule has 0 N–H and O–H groups in total. The zero-order valence-corrected chi connectivity index (χ0v) is 11.6. The van der Waals surface area contributed by atoms with Crippen LogP contribution in [0.4, 0.5) is 0 Å². The second-order valence-corrected chi connectivity index (χ2v) is 4.40. The topological polar surface area (TPSA) is 69.7 Å². The van der Waals surface area contributed by atoms with E-state index >= 15 is 0 Å². The van der Waals surface area contributed by atoms with Crippen molar-refractivity contribution in [2.45, 2.75) is 19.3 Å². The van der Waals surface area contributed by atoms with Gasteiger partial charge in [-0.15, -0.1) is 0 Å². The summed E-state index contributed by atoms with van der Waals surface area (Å²) in [5.41, 5.74) is -0.574. The van der Waals surface area contributed by atoms with Gasteiger partial charge < -0.3 is 14.3 Å². The molecule has 5 heteroatoms. The minimum Gasteiger partial charge on any atom is -0.468 e. The molecular formula is C15H18O5. The highest BCUT2D eigenvalue weighted by atomic mass is 16.5. The van der Waals surface area contributed by atoms with Gasteiger partial charge in [-0.3, -0.25) is 9.59 Å². The van der Waals surface area contributed by atoms with Gasteiger partial charge in [0.05, 0.1) is 14.2 Å². The molecule has 0 saturated heterocycles. The van der Waals surface area contributed by atoms with Crippen molar-refractivity contribution in [1.29, 1.82) is 0 Å². The second-order valence-electron chi connectivity index (χ2n) is 4.40. The summed E-state index contributed by atoms with van der Waals surface area (Å²) in [6.45, 7) is 0. The third-order valence-electron chi connectivity index (χ3n) is 3.22. The molecule has 0 aromatic rings. The van der Waals surface area contributed by atoms with Gasteiger partial charge in [0.25, 0.3) is 0 Å². The van der Waals surface area contributed by atoms with Crippen molar-refractivity contribution in [2.24, 2.45) is 5.41 Å². The van der Waals surface area contributed by atoms with E-state index in [0.29, 0.717) is 6.29 Å². The highest BCUT2D eigenvalue weighted by molar-refractivity contribution is 6.00. The number of ether oxygens (including phenoxy) is 2. The highest BCUT2D eigenvalue weighted by Gasteiger charge is 2.47. The summed E-state index contributed by atoms with van der Waals surface area (Å²) >= 11 is 0. The highest BCUT2D eigenvalue weighted by Crippen LogP contribution is 2.33. The Morgan fingerprint density at radius 2 is 1.70 bits per heavy atom. The van der Waals surface area contributed by atoms with Crippen molar-refractivity contribution >= 4 is 18.2 Å². The van der Waals surface area contributed by atoms with Gasteiger partial charge in [0.2, 0.25) is 0 Å². The van der Waals surface area contributed by atoms with Gasteiger partial charge in [-0.1, -0.05) is 30.4 Å². The summed E-state index contributed by atoms with van der Waals surface area (Å²) in [7, 11) is 2.42. The molecule has 0 unspecified atom stereocenters. The number of carbonyl (C=O) groups is 3. The van der Waals surface area contributed by atoms with Gasteiger partial charge in [-0.05, 0) is 18.4 Å². The van der Waals surface area contributed by atoms with E-state index in [1.54, 1.807) is 6.08 Å². The summed E-state index contributed by atoms with van der Waals surface area (Å²) in [5, 5.41) is 0. The van der Waals surface area contributed by atoms with Gasteiger partial charge in [-0.25, -0.2) is 0 Å². The molecule has 1 rings (SSSR count). The molecule has 1 aliphatic rings. The van der Waals surface area contributed by atoms with Gasteiger partial charge >= 0.3 is 11.9 Å². The molecule has 1 aliphatic carbocycles. The van der Waals surface area contributed by atoms with Crippen LogP contribution in [0, 0.1) is 5.41 Å². The van der Waals surface area contributed by atoms with E-state index in [2.05, 4.69) is 0 Å². The molecule has 0 radical (unpaired) electrons. The number of hydrogen-bond donors (Lipinski definition) is 0. The Balaban J connectivity index is 3.06. The average molecular weight is 278 g/mol. The maximum atomic E-state index is 12.0. The maximum absolute atomic E-state index is 12.0. The molecule has 20 heavy (non-hydrogen) atoms.